The summed E-state index contributed by atoms with van der Waals surface area (Å²) in [4.78, 5) is 32.4. The van der Waals surface area contributed by atoms with Gasteiger partial charge < -0.3 is 16.2 Å². The van der Waals surface area contributed by atoms with Gasteiger partial charge in [-0.1, -0.05) is 6.07 Å². The molecular formula is C13H13FN2O4. The zero-order valence-corrected chi connectivity index (χ0v) is 10.4. The summed E-state index contributed by atoms with van der Waals surface area (Å²) in [5, 5.41) is 10.8. The number of primary amides is 1. The first-order valence-electron chi connectivity index (χ1n) is 5.67. The van der Waals surface area contributed by atoms with Crippen molar-refractivity contribution in [1.82, 2.24) is 5.32 Å². The third kappa shape index (κ3) is 4.89. The number of carboxylic acid groups (broad SMARTS) is 1. The Morgan fingerprint density at radius 3 is 2.60 bits per heavy atom. The topological polar surface area (TPSA) is 109 Å². The molecule has 20 heavy (non-hydrogen) atoms. The summed E-state index contributed by atoms with van der Waals surface area (Å²) >= 11 is 0. The molecule has 0 spiro atoms. The van der Waals surface area contributed by atoms with Crippen LogP contribution >= 0.6 is 0 Å². The molecule has 106 valence electrons. The van der Waals surface area contributed by atoms with E-state index in [0.717, 1.165) is 12.1 Å². The highest BCUT2D eigenvalue weighted by Crippen LogP contribution is 2.12. The first-order chi connectivity index (χ1) is 9.40. The molecule has 0 aliphatic heterocycles. The van der Waals surface area contributed by atoms with E-state index < -0.39 is 23.6 Å². The van der Waals surface area contributed by atoms with Gasteiger partial charge in [0.15, 0.2) is 0 Å². The fourth-order valence-corrected chi connectivity index (χ4v) is 1.38. The third-order valence-corrected chi connectivity index (χ3v) is 2.31. The number of halogens is 1. The number of nitrogens with one attached hydrogen (secondary N) is 1. The Labute approximate surface area is 114 Å². The molecule has 7 heteroatoms. The molecule has 0 radical (unpaired) electrons. The summed E-state index contributed by atoms with van der Waals surface area (Å²) in [5.74, 6) is -3.18. The summed E-state index contributed by atoms with van der Waals surface area (Å²) in [5.41, 5.74) is 5.03. The third-order valence-electron chi connectivity index (χ3n) is 2.31. The minimum Gasteiger partial charge on any atom is -0.478 e. The molecule has 0 fully saturated rings. The predicted molar refractivity (Wildman–Crippen MR) is 69.2 cm³/mol. The van der Waals surface area contributed by atoms with E-state index in [-0.39, 0.29) is 18.5 Å². The number of hydrogen-bond acceptors (Lipinski definition) is 3. The zero-order valence-electron chi connectivity index (χ0n) is 10.4. The fourth-order valence-electron chi connectivity index (χ4n) is 1.38. The molecular weight excluding hydrogens is 267 g/mol. The van der Waals surface area contributed by atoms with Crippen molar-refractivity contribution in [2.75, 3.05) is 6.54 Å². The summed E-state index contributed by atoms with van der Waals surface area (Å²) in [6.07, 6.45) is 2.04. The van der Waals surface area contributed by atoms with Crippen molar-refractivity contribution >= 4 is 23.9 Å². The Kier molecular flexibility index (Phi) is 5.40. The molecule has 4 N–H and O–H groups in total. The van der Waals surface area contributed by atoms with Crippen molar-refractivity contribution in [2.45, 2.75) is 6.42 Å². The number of rotatable bonds is 6. The standard InChI is InChI=1S/C13H13FN2O4/c14-10-7-8(2-4-12(18)19)1-3-9(10)13(20)16-6-5-11(15)17/h1-4,7H,5-6H2,(H2,15,17)(H,16,20)(H,18,19). The molecule has 2 amide bonds. The van der Waals surface area contributed by atoms with Crippen LogP contribution in [0.25, 0.3) is 6.08 Å². The van der Waals surface area contributed by atoms with Gasteiger partial charge in [-0.25, -0.2) is 9.18 Å². The van der Waals surface area contributed by atoms with E-state index in [1.54, 1.807) is 0 Å². The lowest BCUT2D eigenvalue weighted by Gasteiger charge is -2.05. The Balaban J connectivity index is 2.74. The minimum absolute atomic E-state index is 0.0221. The largest absolute Gasteiger partial charge is 0.478 e. The molecule has 0 atom stereocenters. The first kappa shape index (κ1) is 15.4. The zero-order chi connectivity index (χ0) is 15.1. The van der Waals surface area contributed by atoms with Crippen molar-refractivity contribution in [2.24, 2.45) is 5.73 Å². The van der Waals surface area contributed by atoms with E-state index in [1.807, 2.05) is 0 Å². The highest BCUT2D eigenvalue weighted by atomic mass is 19.1. The average molecular weight is 280 g/mol. The van der Waals surface area contributed by atoms with Gasteiger partial charge in [-0.15, -0.1) is 0 Å². The summed E-state index contributed by atoms with van der Waals surface area (Å²) in [7, 11) is 0. The first-order valence-corrected chi connectivity index (χ1v) is 5.67. The molecule has 6 nitrogen and oxygen atoms in total. The lowest BCUT2D eigenvalue weighted by molar-refractivity contribution is -0.131. The summed E-state index contributed by atoms with van der Waals surface area (Å²) in [6.45, 7) is 0.0221. The van der Waals surface area contributed by atoms with Crippen LogP contribution in [0.15, 0.2) is 24.3 Å². The predicted octanol–water partition coefficient (Wildman–Crippen LogP) is 0.529. The lowest BCUT2D eigenvalue weighted by atomic mass is 10.1. The van der Waals surface area contributed by atoms with Crippen LogP contribution in [0.1, 0.15) is 22.3 Å². The van der Waals surface area contributed by atoms with E-state index in [9.17, 15) is 18.8 Å². The van der Waals surface area contributed by atoms with E-state index in [2.05, 4.69) is 5.32 Å². The number of nitrogens with two attached hydrogens (primary N) is 1. The maximum Gasteiger partial charge on any atom is 0.328 e. The van der Waals surface area contributed by atoms with E-state index in [0.29, 0.717) is 5.56 Å². The van der Waals surface area contributed by atoms with Gasteiger partial charge in [0.2, 0.25) is 5.91 Å². The number of hydrogen-bond donors (Lipinski definition) is 3. The van der Waals surface area contributed by atoms with E-state index in [1.165, 1.54) is 18.2 Å². The lowest BCUT2D eigenvalue weighted by Crippen LogP contribution is -2.28. The monoisotopic (exact) mass is 280 g/mol. The number of aliphatic carboxylic acids is 1. The van der Waals surface area contributed by atoms with Crippen molar-refractivity contribution < 1.29 is 23.9 Å². The molecule has 0 saturated carbocycles. The quantitative estimate of drug-likeness (QED) is 0.660. The fraction of sp³-hybridized carbons (Fsp3) is 0.154. The second-order valence-electron chi connectivity index (χ2n) is 3.88. The Morgan fingerprint density at radius 2 is 2.05 bits per heavy atom. The van der Waals surface area contributed by atoms with Gasteiger partial charge in [0.05, 0.1) is 5.56 Å². The van der Waals surface area contributed by atoms with Gasteiger partial charge in [-0.05, 0) is 23.8 Å². The summed E-state index contributed by atoms with van der Waals surface area (Å²) < 4.78 is 13.7. The molecule has 1 rings (SSSR count). The Bertz CT molecular complexity index is 569. The van der Waals surface area contributed by atoms with Gasteiger partial charge >= 0.3 is 5.97 Å². The highest BCUT2D eigenvalue weighted by Gasteiger charge is 2.11. The van der Waals surface area contributed by atoms with E-state index in [4.69, 9.17) is 10.8 Å². The van der Waals surface area contributed by atoms with Gasteiger partial charge in [0, 0.05) is 19.0 Å². The van der Waals surface area contributed by atoms with E-state index >= 15 is 0 Å². The number of amides is 2. The van der Waals surface area contributed by atoms with Crippen molar-refractivity contribution in [3.8, 4) is 0 Å². The van der Waals surface area contributed by atoms with Crippen LogP contribution in [0.3, 0.4) is 0 Å². The number of carbonyl (C=O) groups excluding carboxylic acids is 2. The smallest absolute Gasteiger partial charge is 0.328 e. The maximum absolute atomic E-state index is 13.7. The number of benzene rings is 1. The second-order valence-corrected chi connectivity index (χ2v) is 3.88. The average Bonchev–Trinajstić information content (AvgIpc) is 2.35. The molecule has 1 aromatic carbocycles. The van der Waals surface area contributed by atoms with Crippen molar-refractivity contribution in [3.05, 3.63) is 41.2 Å². The normalized spacial score (nSPS) is 10.4. The Morgan fingerprint density at radius 1 is 1.35 bits per heavy atom. The van der Waals surface area contributed by atoms with Gasteiger partial charge in [-0.3, -0.25) is 9.59 Å². The molecule has 0 aliphatic rings. The van der Waals surface area contributed by atoms with Gasteiger partial charge in [0.25, 0.3) is 5.91 Å². The van der Waals surface area contributed by atoms with Crippen LogP contribution < -0.4 is 11.1 Å². The molecule has 0 unspecified atom stereocenters. The molecule has 1 aromatic rings. The number of carbonyl (C=O) groups is 3. The maximum atomic E-state index is 13.7. The van der Waals surface area contributed by atoms with Crippen LogP contribution in [-0.2, 0) is 9.59 Å². The number of carboxylic acids is 1. The highest BCUT2D eigenvalue weighted by molar-refractivity contribution is 5.95. The minimum atomic E-state index is -1.15. The van der Waals surface area contributed by atoms with Crippen molar-refractivity contribution in [1.29, 1.82) is 0 Å². The van der Waals surface area contributed by atoms with Crippen LogP contribution in [0.5, 0.6) is 0 Å². The second kappa shape index (κ2) is 7.03. The molecule has 0 aliphatic carbocycles. The van der Waals surface area contributed by atoms with Gasteiger partial charge in [-0.2, -0.15) is 0 Å². The summed E-state index contributed by atoms with van der Waals surface area (Å²) in [6, 6.07) is 3.68. The molecule has 0 aromatic heterocycles. The van der Waals surface area contributed by atoms with Crippen molar-refractivity contribution in [3.63, 3.8) is 0 Å². The van der Waals surface area contributed by atoms with Crippen LogP contribution in [0.4, 0.5) is 4.39 Å². The molecule has 0 heterocycles. The molecule has 0 bridgehead atoms. The van der Waals surface area contributed by atoms with Crippen LogP contribution in [0.2, 0.25) is 0 Å². The van der Waals surface area contributed by atoms with Gasteiger partial charge in [0.1, 0.15) is 5.82 Å². The van der Waals surface area contributed by atoms with Crippen LogP contribution in [0, 0.1) is 5.82 Å². The Hall–Kier alpha value is -2.70. The van der Waals surface area contributed by atoms with Crippen LogP contribution in [-0.4, -0.2) is 29.4 Å². The SMILES string of the molecule is NC(=O)CCNC(=O)c1ccc(C=CC(=O)O)cc1F. The molecule has 0 saturated heterocycles.